The smallest absolute Gasteiger partial charge is 0.306 e. The fourth-order valence-electron chi connectivity index (χ4n) is 2.26. The molecule has 1 unspecified atom stereocenters. The van der Waals surface area contributed by atoms with Gasteiger partial charge >= 0.3 is 5.97 Å². The van der Waals surface area contributed by atoms with Crippen LogP contribution in [0.5, 0.6) is 0 Å². The maximum absolute atomic E-state index is 12.2. The molecule has 0 N–H and O–H groups in total. The minimum Gasteiger partial charge on any atom is -0.456 e. The first-order valence-corrected chi connectivity index (χ1v) is 8.90. The van der Waals surface area contributed by atoms with E-state index in [1.54, 1.807) is 24.1 Å². The van der Waals surface area contributed by atoms with Gasteiger partial charge in [0, 0.05) is 13.5 Å². The second kappa shape index (κ2) is 9.13. The van der Waals surface area contributed by atoms with E-state index in [4.69, 9.17) is 4.74 Å². The van der Waals surface area contributed by atoms with Crippen LogP contribution in [0.2, 0.25) is 0 Å². The molecule has 0 aliphatic heterocycles. The standard InChI is InChI=1S/C19H21NO4S/c1-14(15-7-4-3-5-8-15)20(2)18(22)13-24-19(23)11-10-16(21)17-9-6-12-25-17/h3-9,12,14H,10-11,13H2,1-2H3. The molecule has 0 radical (unpaired) electrons. The molecule has 0 aliphatic carbocycles. The number of carbonyl (C=O) groups excluding carboxylic acids is 3. The minimum atomic E-state index is -0.543. The van der Waals surface area contributed by atoms with Crippen LogP contribution in [0, 0.1) is 0 Å². The molecule has 1 heterocycles. The van der Waals surface area contributed by atoms with E-state index in [0.29, 0.717) is 4.88 Å². The Hall–Kier alpha value is -2.47. The summed E-state index contributed by atoms with van der Waals surface area (Å²) in [5.74, 6) is -0.915. The highest BCUT2D eigenvalue weighted by Crippen LogP contribution is 2.18. The van der Waals surface area contributed by atoms with Crippen molar-refractivity contribution in [2.24, 2.45) is 0 Å². The number of hydrogen-bond donors (Lipinski definition) is 0. The van der Waals surface area contributed by atoms with Crippen molar-refractivity contribution >= 4 is 29.0 Å². The van der Waals surface area contributed by atoms with Crippen LogP contribution in [-0.2, 0) is 14.3 Å². The first-order chi connectivity index (χ1) is 12.0. The summed E-state index contributed by atoms with van der Waals surface area (Å²) in [4.78, 5) is 37.9. The highest BCUT2D eigenvalue weighted by molar-refractivity contribution is 7.12. The molecule has 6 heteroatoms. The van der Waals surface area contributed by atoms with Crippen molar-refractivity contribution in [3.05, 3.63) is 58.3 Å². The number of esters is 1. The Kier molecular flexibility index (Phi) is 6.89. The van der Waals surface area contributed by atoms with Gasteiger partial charge in [0.15, 0.2) is 12.4 Å². The number of likely N-dealkylation sites (N-methyl/N-ethyl adjacent to an activating group) is 1. The molecule has 0 bridgehead atoms. The van der Waals surface area contributed by atoms with Crippen LogP contribution in [0.4, 0.5) is 0 Å². The quantitative estimate of drug-likeness (QED) is 0.535. The van der Waals surface area contributed by atoms with Gasteiger partial charge in [-0.2, -0.15) is 0 Å². The molecule has 1 atom stereocenters. The molecule has 5 nitrogen and oxygen atoms in total. The second-order valence-electron chi connectivity index (χ2n) is 5.65. The van der Waals surface area contributed by atoms with Gasteiger partial charge in [-0.1, -0.05) is 36.4 Å². The van der Waals surface area contributed by atoms with E-state index in [2.05, 4.69) is 0 Å². The minimum absolute atomic E-state index is 0.0258. The average Bonchev–Trinajstić information content (AvgIpc) is 3.18. The SMILES string of the molecule is CC(c1ccccc1)N(C)C(=O)COC(=O)CCC(=O)c1cccs1. The lowest BCUT2D eigenvalue weighted by molar-refractivity contribution is -0.152. The van der Waals surface area contributed by atoms with E-state index in [1.807, 2.05) is 42.6 Å². The van der Waals surface area contributed by atoms with Gasteiger partial charge in [-0.3, -0.25) is 14.4 Å². The number of Topliss-reactive ketones (excluding diaryl/α,β-unsaturated/α-hetero) is 1. The zero-order chi connectivity index (χ0) is 18.2. The Morgan fingerprint density at radius 1 is 1.08 bits per heavy atom. The molecule has 132 valence electrons. The molecule has 0 saturated carbocycles. The Morgan fingerprint density at radius 3 is 2.44 bits per heavy atom. The van der Waals surface area contributed by atoms with Crippen LogP contribution < -0.4 is 0 Å². The third-order valence-corrected chi connectivity index (χ3v) is 4.88. The summed E-state index contributed by atoms with van der Waals surface area (Å²) in [6.07, 6.45) is 0.0613. The zero-order valence-electron chi connectivity index (χ0n) is 14.3. The predicted molar refractivity (Wildman–Crippen MR) is 96.5 cm³/mol. The monoisotopic (exact) mass is 359 g/mol. The topological polar surface area (TPSA) is 63.7 Å². The van der Waals surface area contributed by atoms with E-state index in [-0.39, 0.29) is 37.2 Å². The van der Waals surface area contributed by atoms with Gasteiger partial charge in [-0.15, -0.1) is 11.3 Å². The van der Waals surface area contributed by atoms with Crippen LogP contribution in [0.1, 0.15) is 41.0 Å². The number of ether oxygens (including phenoxy) is 1. The van der Waals surface area contributed by atoms with Gasteiger partial charge in [0.25, 0.3) is 5.91 Å². The van der Waals surface area contributed by atoms with Crippen molar-refractivity contribution in [1.29, 1.82) is 0 Å². The zero-order valence-corrected chi connectivity index (χ0v) is 15.1. The molecule has 2 aromatic rings. The van der Waals surface area contributed by atoms with Gasteiger partial charge in [0.05, 0.1) is 17.3 Å². The van der Waals surface area contributed by atoms with Crippen LogP contribution in [-0.4, -0.2) is 36.2 Å². The number of rotatable bonds is 8. The molecule has 1 amide bonds. The average molecular weight is 359 g/mol. The van der Waals surface area contributed by atoms with Gasteiger partial charge in [-0.25, -0.2) is 0 Å². The molecule has 0 saturated heterocycles. The summed E-state index contributed by atoms with van der Waals surface area (Å²) in [6, 6.07) is 13.0. The van der Waals surface area contributed by atoms with Crippen LogP contribution in [0.15, 0.2) is 47.8 Å². The van der Waals surface area contributed by atoms with Gasteiger partial charge in [0.1, 0.15) is 0 Å². The Balaban J connectivity index is 1.75. The molecule has 0 spiro atoms. The van der Waals surface area contributed by atoms with Crippen LogP contribution >= 0.6 is 11.3 Å². The number of nitrogens with zero attached hydrogens (tertiary/aromatic N) is 1. The van der Waals surface area contributed by atoms with Crippen molar-refractivity contribution in [3.63, 3.8) is 0 Å². The van der Waals surface area contributed by atoms with Crippen LogP contribution in [0.3, 0.4) is 0 Å². The summed E-state index contributed by atoms with van der Waals surface area (Å²) < 4.78 is 5.00. The van der Waals surface area contributed by atoms with Crippen molar-refractivity contribution in [2.75, 3.05) is 13.7 Å². The lowest BCUT2D eigenvalue weighted by Gasteiger charge is -2.25. The summed E-state index contributed by atoms with van der Waals surface area (Å²) in [6.45, 7) is 1.59. The molecule has 25 heavy (non-hydrogen) atoms. The van der Waals surface area contributed by atoms with Crippen LogP contribution in [0.25, 0.3) is 0 Å². The maximum atomic E-state index is 12.2. The second-order valence-corrected chi connectivity index (χ2v) is 6.60. The first-order valence-electron chi connectivity index (χ1n) is 8.02. The molecular formula is C19H21NO4S. The summed E-state index contributed by atoms with van der Waals surface area (Å²) in [5, 5.41) is 1.81. The Labute approximate surface area is 151 Å². The molecule has 1 aromatic heterocycles. The predicted octanol–water partition coefficient (Wildman–Crippen LogP) is 3.47. The molecular weight excluding hydrogens is 338 g/mol. The largest absolute Gasteiger partial charge is 0.456 e. The number of hydrogen-bond acceptors (Lipinski definition) is 5. The van der Waals surface area contributed by atoms with E-state index < -0.39 is 5.97 Å². The molecule has 0 aliphatic rings. The van der Waals surface area contributed by atoms with Crippen molar-refractivity contribution < 1.29 is 19.1 Å². The van der Waals surface area contributed by atoms with E-state index >= 15 is 0 Å². The number of amides is 1. The van der Waals surface area contributed by atoms with Gasteiger partial charge < -0.3 is 9.64 Å². The lowest BCUT2D eigenvalue weighted by atomic mass is 10.1. The summed E-state index contributed by atoms with van der Waals surface area (Å²) in [5.41, 5.74) is 1.01. The number of carbonyl (C=O) groups is 3. The number of ketones is 1. The lowest BCUT2D eigenvalue weighted by Crippen LogP contribution is -2.33. The maximum Gasteiger partial charge on any atom is 0.306 e. The summed E-state index contributed by atoms with van der Waals surface area (Å²) in [7, 11) is 1.67. The molecule has 2 rings (SSSR count). The normalized spacial score (nSPS) is 11.6. The van der Waals surface area contributed by atoms with Gasteiger partial charge in [-0.05, 0) is 23.9 Å². The Bertz CT molecular complexity index is 712. The van der Waals surface area contributed by atoms with E-state index in [1.165, 1.54) is 11.3 Å². The highest BCUT2D eigenvalue weighted by atomic mass is 32.1. The third kappa shape index (κ3) is 5.53. The molecule has 1 aromatic carbocycles. The van der Waals surface area contributed by atoms with Gasteiger partial charge in [0.2, 0.25) is 0 Å². The van der Waals surface area contributed by atoms with E-state index in [0.717, 1.165) is 5.56 Å². The van der Waals surface area contributed by atoms with Crippen molar-refractivity contribution in [2.45, 2.75) is 25.8 Å². The van der Waals surface area contributed by atoms with Crippen molar-refractivity contribution in [1.82, 2.24) is 4.90 Å². The highest BCUT2D eigenvalue weighted by Gasteiger charge is 2.19. The molecule has 0 fully saturated rings. The fraction of sp³-hybridized carbons (Fsp3) is 0.316. The fourth-order valence-corrected chi connectivity index (χ4v) is 2.96. The summed E-state index contributed by atoms with van der Waals surface area (Å²) >= 11 is 1.34. The van der Waals surface area contributed by atoms with E-state index in [9.17, 15) is 14.4 Å². The van der Waals surface area contributed by atoms with Crippen molar-refractivity contribution in [3.8, 4) is 0 Å². The third-order valence-electron chi connectivity index (χ3n) is 3.97. The number of thiophene rings is 1. The Morgan fingerprint density at radius 2 is 1.80 bits per heavy atom. The first kappa shape index (κ1) is 18.9. The number of benzene rings is 1.